The van der Waals surface area contributed by atoms with Gasteiger partial charge in [0, 0.05) is 6.54 Å². The van der Waals surface area contributed by atoms with Crippen LogP contribution in [-0.4, -0.2) is 6.54 Å². The van der Waals surface area contributed by atoms with Crippen molar-refractivity contribution in [3.63, 3.8) is 0 Å². The van der Waals surface area contributed by atoms with E-state index in [1.165, 1.54) is 5.56 Å². The van der Waals surface area contributed by atoms with E-state index in [0.717, 1.165) is 13.0 Å². The molecule has 1 nitrogen and oxygen atoms in total. The van der Waals surface area contributed by atoms with Crippen LogP contribution >= 0.6 is 0 Å². The molecule has 1 atom stereocenters. The third-order valence-electron chi connectivity index (χ3n) is 2.09. The summed E-state index contributed by atoms with van der Waals surface area (Å²) in [6.45, 7) is 4.17. The lowest BCUT2D eigenvalue weighted by molar-refractivity contribution is 0.764. The van der Waals surface area contributed by atoms with E-state index in [1.54, 1.807) is 0 Å². The van der Waals surface area contributed by atoms with Crippen molar-refractivity contribution in [2.24, 2.45) is 0 Å². The van der Waals surface area contributed by atoms with Crippen molar-refractivity contribution in [3.05, 3.63) is 42.4 Å². The van der Waals surface area contributed by atoms with Crippen LogP contribution in [0.1, 0.15) is 17.9 Å². The fourth-order valence-electron chi connectivity index (χ4n) is 1.42. The summed E-state index contributed by atoms with van der Waals surface area (Å²) in [5.41, 5.74) is 1.42. The molecule has 2 rings (SSSR count). The van der Waals surface area contributed by atoms with E-state index in [9.17, 15) is 0 Å². The molecule has 1 aliphatic rings. The maximum absolute atomic E-state index is 3.12. The van der Waals surface area contributed by atoms with Crippen LogP contribution in [0.5, 0.6) is 0 Å². The van der Waals surface area contributed by atoms with Gasteiger partial charge in [0.2, 0.25) is 0 Å². The van der Waals surface area contributed by atoms with Gasteiger partial charge in [0.05, 0.1) is 6.54 Å². The summed E-state index contributed by atoms with van der Waals surface area (Å²) >= 11 is 0. The van der Waals surface area contributed by atoms with Gasteiger partial charge in [-0.25, -0.2) is 0 Å². The standard InChI is InChI=1S/C10H11N/c1-2-4-9(5-3-1)10-6-7-11-8-10/h1-5,10-11H,6,8H2. The predicted octanol–water partition coefficient (Wildman–Crippen LogP) is 1.80. The van der Waals surface area contributed by atoms with E-state index < -0.39 is 0 Å². The van der Waals surface area contributed by atoms with Gasteiger partial charge in [0.1, 0.15) is 0 Å². The molecule has 0 saturated carbocycles. The monoisotopic (exact) mass is 145 g/mol. The fraction of sp³-hybridized carbons (Fsp3) is 0.300. The minimum absolute atomic E-state index is 0.649. The molecule has 1 fully saturated rings. The molecule has 0 aliphatic carbocycles. The van der Waals surface area contributed by atoms with Crippen LogP contribution in [0.25, 0.3) is 0 Å². The average molecular weight is 145 g/mol. The van der Waals surface area contributed by atoms with Gasteiger partial charge in [0.25, 0.3) is 0 Å². The number of hydrogen-bond donors (Lipinski definition) is 1. The molecule has 1 saturated heterocycles. The maximum atomic E-state index is 3.12. The maximum Gasteiger partial charge on any atom is 0.0593 e. The first-order valence-electron chi connectivity index (χ1n) is 3.97. The van der Waals surface area contributed by atoms with Crippen molar-refractivity contribution in [3.8, 4) is 0 Å². The molecule has 1 aliphatic heterocycles. The number of nitrogens with one attached hydrogen (secondary N) is 1. The quantitative estimate of drug-likeness (QED) is 0.635. The molecule has 1 heteroatoms. The molecule has 0 spiro atoms. The first-order chi connectivity index (χ1) is 5.47. The Morgan fingerprint density at radius 2 is 2.09 bits per heavy atom. The summed E-state index contributed by atoms with van der Waals surface area (Å²) in [5.74, 6) is 0.649. The first-order valence-corrected chi connectivity index (χ1v) is 3.97. The Labute approximate surface area is 67.4 Å². The molecule has 1 unspecified atom stereocenters. The molecule has 0 bridgehead atoms. The van der Waals surface area contributed by atoms with Gasteiger partial charge in [-0.2, -0.15) is 0 Å². The third kappa shape index (κ3) is 1.43. The Balaban J connectivity index is 2.16. The highest BCUT2D eigenvalue weighted by Gasteiger charge is 2.15. The van der Waals surface area contributed by atoms with Gasteiger partial charge in [-0.3, -0.25) is 0 Å². The second-order valence-corrected chi connectivity index (χ2v) is 2.87. The van der Waals surface area contributed by atoms with Crippen LogP contribution in [0.3, 0.4) is 0 Å². The summed E-state index contributed by atoms with van der Waals surface area (Å²) in [5, 5.41) is 3.12. The molecule has 1 N–H and O–H groups in total. The van der Waals surface area contributed by atoms with E-state index in [2.05, 4.69) is 42.2 Å². The van der Waals surface area contributed by atoms with E-state index in [-0.39, 0.29) is 0 Å². The minimum atomic E-state index is 0.649. The zero-order chi connectivity index (χ0) is 7.52. The van der Waals surface area contributed by atoms with Crippen molar-refractivity contribution in [2.75, 3.05) is 6.54 Å². The summed E-state index contributed by atoms with van der Waals surface area (Å²) in [6, 6.07) is 10.6. The molecule has 2 radical (unpaired) electrons. The van der Waals surface area contributed by atoms with Crippen molar-refractivity contribution in [1.29, 1.82) is 0 Å². The number of hydrogen-bond acceptors (Lipinski definition) is 1. The van der Waals surface area contributed by atoms with Gasteiger partial charge < -0.3 is 5.32 Å². The molecule has 56 valence electrons. The summed E-state index contributed by atoms with van der Waals surface area (Å²) < 4.78 is 0. The minimum Gasteiger partial charge on any atom is -0.307 e. The number of benzene rings is 1. The highest BCUT2D eigenvalue weighted by atomic mass is 14.9. The highest BCUT2D eigenvalue weighted by molar-refractivity contribution is 5.21. The Kier molecular flexibility index (Phi) is 1.91. The lowest BCUT2D eigenvalue weighted by Gasteiger charge is -2.06. The van der Waals surface area contributed by atoms with Crippen LogP contribution < -0.4 is 5.32 Å². The van der Waals surface area contributed by atoms with Gasteiger partial charge in [-0.1, -0.05) is 30.3 Å². The van der Waals surface area contributed by atoms with Crippen LogP contribution in [0.4, 0.5) is 0 Å². The molecule has 11 heavy (non-hydrogen) atoms. The number of rotatable bonds is 1. The van der Waals surface area contributed by atoms with Crippen LogP contribution in [-0.2, 0) is 0 Å². The predicted molar refractivity (Wildman–Crippen MR) is 45.0 cm³/mol. The van der Waals surface area contributed by atoms with Crippen molar-refractivity contribution < 1.29 is 0 Å². The molecule has 1 aromatic rings. The summed E-state index contributed by atoms with van der Waals surface area (Å²) in [4.78, 5) is 0. The highest BCUT2D eigenvalue weighted by Crippen LogP contribution is 2.22. The van der Waals surface area contributed by atoms with Crippen LogP contribution in [0.2, 0.25) is 0 Å². The fourth-order valence-corrected chi connectivity index (χ4v) is 1.42. The van der Waals surface area contributed by atoms with Gasteiger partial charge >= 0.3 is 0 Å². The summed E-state index contributed by atoms with van der Waals surface area (Å²) in [7, 11) is 0. The average Bonchev–Trinajstić information content (AvgIpc) is 2.58. The van der Waals surface area contributed by atoms with E-state index in [0.29, 0.717) is 5.92 Å². The van der Waals surface area contributed by atoms with Crippen molar-refractivity contribution in [1.82, 2.24) is 5.32 Å². The van der Waals surface area contributed by atoms with Gasteiger partial charge in [-0.15, -0.1) is 0 Å². The first kappa shape index (κ1) is 6.86. The second-order valence-electron chi connectivity index (χ2n) is 2.87. The summed E-state index contributed by atoms with van der Waals surface area (Å²) in [6.07, 6.45) is 1.05. The van der Waals surface area contributed by atoms with Crippen molar-refractivity contribution in [2.45, 2.75) is 12.3 Å². The molecule has 0 amide bonds. The molecule has 1 aromatic carbocycles. The molecule has 0 aromatic heterocycles. The van der Waals surface area contributed by atoms with E-state index >= 15 is 0 Å². The smallest absolute Gasteiger partial charge is 0.0593 e. The topological polar surface area (TPSA) is 12.0 Å². The Morgan fingerprint density at radius 1 is 1.27 bits per heavy atom. The SMILES string of the molecule is [C]1CC(c2ccccc2)CN1. The molecule has 1 heterocycles. The Morgan fingerprint density at radius 3 is 2.73 bits per heavy atom. The van der Waals surface area contributed by atoms with E-state index in [1.807, 2.05) is 0 Å². The molecular weight excluding hydrogens is 134 g/mol. The zero-order valence-corrected chi connectivity index (χ0v) is 6.38. The Hall–Kier alpha value is -0.820. The Bertz CT molecular complexity index is 212. The van der Waals surface area contributed by atoms with Crippen LogP contribution in [0.15, 0.2) is 30.3 Å². The second kappa shape index (κ2) is 3.05. The van der Waals surface area contributed by atoms with E-state index in [4.69, 9.17) is 0 Å². The largest absolute Gasteiger partial charge is 0.307 e. The zero-order valence-electron chi connectivity index (χ0n) is 6.38. The lowest BCUT2D eigenvalue weighted by Crippen LogP contribution is -2.05. The lowest BCUT2D eigenvalue weighted by atomic mass is 9.99. The normalized spacial score (nSPS) is 23.8. The molecular formula is C10H11N. The van der Waals surface area contributed by atoms with Crippen molar-refractivity contribution >= 4 is 0 Å². The third-order valence-corrected chi connectivity index (χ3v) is 2.09. The van der Waals surface area contributed by atoms with Gasteiger partial charge in [-0.05, 0) is 17.9 Å². The van der Waals surface area contributed by atoms with Gasteiger partial charge in [0.15, 0.2) is 0 Å². The van der Waals surface area contributed by atoms with Crippen LogP contribution in [0, 0.1) is 6.54 Å².